The van der Waals surface area contributed by atoms with Gasteiger partial charge in [-0.25, -0.2) is 0 Å². The van der Waals surface area contributed by atoms with E-state index in [1.807, 2.05) is 11.8 Å². The minimum absolute atomic E-state index is 0.182. The highest BCUT2D eigenvalue weighted by Gasteiger charge is 2.55. The predicted molar refractivity (Wildman–Crippen MR) is 457 cm³/mol. The number of hydrogen-bond acceptors (Lipinski definition) is 6. The summed E-state index contributed by atoms with van der Waals surface area (Å²) >= 11 is 1.93. The third-order valence-corrected chi connectivity index (χ3v) is 24.7. The lowest BCUT2D eigenvalue weighted by atomic mass is 9.33. The zero-order valence-corrected chi connectivity index (χ0v) is 61.3. The van der Waals surface area contributed by atoms with Crippen molar-refractivity contribution in [3.63, 3.8) is 0 Å². The molecule has 0 N–H and O–H groups in total. The molecule has 22 rings (SSSR count). The molecule has 0 aromatic heterocycles. The first-order valence-electron chi connectivity index (χ1n) is 37.9. The van der Waals surface area contributed by atoms with Gasteiger partial charge in [-0.3, -0.25) is 0 Å². The number of benzene rings is 16. The van der Waals surface area contributed by atoms with Crippen molar-refractivity contribution in [3.05, 3.63) is 398 Å². The third kappa shape index (κ3) is 9.57. The van der Waals surface area contributed by atoms with E-state index < -0.39 is 5.41 Å². The van der Waals surface area contributed by atoms with Gasteiger partial charge in [0.25, 0.3) is 13.4 Å². The minimum atomic E-state index is -0.807. The van der Waals surface area contributed by atoms with E-state index in [0.29, 0.717) is 0 Å². The summed E-state index contributed by atoms with van der Waals surface area (Å²) < 4.78 is 7.46. The maximum Gasteiger partial charge on any atom is 0.256 e. The molecular formula is C101H70B2N4OS. The van der Waals surface area contributed by atoms with Crippen LogP contribution in [-0.4, -0.2) is 13.4 Å². The molecule has 512 valence electrons. The number of nitrogens with zero attached hydrogens (tertiary/aromatic N) is 4. The van der Waals surface area contributed by atoms with Gasteiger partial charge in [-0.05, 0) is 190 Å². The Labute approximate surface area is 641 Å². The highest BCUT2D eigenvalue weighted by Crippen LogP contribution is 2.64. The van der Waals surface area contributed by atoms with Gasteiger partial charge in [-0.2, -0.15) is 0 Å². The van der Waals surface area contributed by atoms with E-state index in [9.17, 15) is 0 Å². The maximum absolute atomic E-state index is 7.46. The predicted octanol–water partition coefficient (Wildman–Crippen LogP) is 22.8. The molecule has 109 heavy (non-hydrogen) atoms. The van der Waals surface area contributed by atoms with Crippen LogP contribution < -0.4 is 57.1 Å². The largest absolute Gasteiger partial charge is 0.458 e. The van der Waals surface area contributed by atoms with Gasteiger partial charge in [0, 0.05) is 83.9 Å². The van der Waals surface area contributed by atoms with Crippen molar-refractivity contribution in [2.45, 2.75) is 41.4 Å². The lowest BCUT2D eigenvalue weighted by Gasteiger charge is -2.47. The second kappa shape index (κ2) is 24.5. The molecule has 0 radical (unpaired) electrons. The van der Waals surface area contributed by atoms with Crippen LogP contribution in [0.1, 0.15) is 48.6 Å². The first-order valence-corrected chi connectivity index (χ1v) is 38.8. The quantitative estimate of drug-likeness (QED) is 0.133. The van der Waals surface area contributed by atoms with Crippen LogP contribution in [0.4, 0.5) is 68.2 Å². The van der Waals surface area contributed by atoms with Gasteiger partial charge in [0.05, 0.1) is 16.8 Å². The van der Waals surface area contributed by atoms with Crippen molar-refractivity contribution in [1.29, 1.82) is 0 Å². The van der Waals surface area contributed by atoms with E-state index >= 15 is 0 Å². The Morgan fingerprint density at radius 3 is 1.36 bits per heavy atom. The Balaban J connectivity index is 0.846. The molecule has 5 nitrogen and oxygen atoms in total. The van der Waals surface area contributed by atoms with Crippen LogP contribution in [0.15, 0.2) is 380 Å². The second-order valence-electron chi connectivity index (χ2n) is 30.6. The normalized spacial score (nSPS) is 13.8. The summed E-state index contributed by atoms with van der Waals surface area (Å²) in [5.74, 6) is 1.69. The molecule has 0 atom stereocenters. The summed E-state index contributed by atoms with van der Waals surface area (Å²) in [4.78, 5) is 12.7. The minimum Gasteiger partial charge on any atom is -0.458 e. The van der Waals surface area contributed by atoms with Gasteiger partial charge in [-0.15, -0.1) is 0 Å². The first-order chi connectivity index (χ1) is 53.7. The van der Waals surface area contributed by atoms with E-state index in [1.165, 1.54) is 87.6 Å². The van der Waals surface area contributed by atoms with Gasteiger partial charge >= 0.3 is 0 Å². The smallest absolute Gasteiger partial charge is 0.256 e. The van der Waals surface area contributed by atoms with E-state index in [4.69, 9.17) is 4.74 Å². The molecule has 0 bridgehead atoms. The maximum atomic E-state index is 7.46. The number of para-hydroxylation sites is 6. The Kier molecular flexibility index (Phi) is 14.2. The number of anilines is 12. The summed E-state index contributed by atoms with van der Waals surface area (Å²) in [6.45, 7) is 6.72. The topological polar surface area (TPSA) is 22.2 Å². The summed E-state index contributed by atoms with van der Waals surface area (Å²) in [5, 5.41) is 0. The zero-order valence-electron chi connectivity index (χ0n) is 60.5. The number of fused-ring (bicyclic) bond motifs is 17. The molecule has 8 heteroatoms. The molecule has 5 aliphatic heterocycles. The molecule has 16 aromatic rings. The number of ether oxygens (including phenoxy) is 1. The van der Waals surface area contributed by atoms with Gasteiger partial charge in [-0.1, -0.05) is 306 Å². The molecule has 0 saturated heterocycles. The fourth-order valence-electron chi connectivity index (χ4n) is 19.0. The Bertz CT molecular complexity index is 6290. The lowest BCUT2D eigenvalue weighted by Crippen LogP contribution is -2.62. The van der Waals surface area contributed by atoms with Crippen LogP contribution in [0.25, 0.3) is 44.5 Å². The van der Waals surface area contributed by atoms with Gasteiger partial charge in [0.1, 0.15) is 11.5 Å². The van der Waals surface area contributed by atoms with Crippen LogP contribution in [0.3, 0.4) is 0 Å². The molecule has 1 aliphatic carbocycles. The molecule has 16 aromatic carbocycles. The highest BCUT2D eigenvalue weighted by molar-refractivity contribution is 7.99. The average molecular weight is 1410 g/mol. The lowest BCUT2D eigenvalue weighted by molar-refractivity contribution is 0.487. The monoisotopic (exact) mass is 1410 g/mol. The fourth-order valence-corrected chi connectivity index (χ4v) is 20.2. The van der Waals surface area contributed by atoms with Crippen LogP contribution in [0, 0.1) is 0 Å². The zero-order chi connectivity index (χ0) is 72.2. The Hall–Kier alpha value is -13.0. The third-order valence-electron chi connectivity index (χ3n) is 23.6. The standard InChI is InChI=1S/C101H70B2N4OS/c1-100(2,3)69-57-90-97-91(58-69)107(99-75(66-34-12-5-13-35-66)48-31-49-76(99)67-36-14-6-15-37-67)89-64-96-82(62-86(89)102(97)83-52-26-28-54-87(83)105(90)71-41-18-8-19-42-71)101(79-50-24-22-46-77(79)78-47-23-25-51-80(78)101)81-61-85-88(63-95(81)109-96)106(72-43-20-9-21-44-72)92-59-74(60-94-98(92)103(85)84-53-27-29-55-93(84)108-94)104(70-39-16-7-17-40-70)73-45-30-38-68(56-73)65-32-10-4-11-33-65/h4-64H,1-3H3. The molecule has 0 saturated carbocycles. The summed E-state index contributed by atoms with van der Waals surface area (Å²) in [5.41, 5.74) is 35.4. The van der Waals surface area contributed by atoms with Crippen molar-refractivity contribution in [2.75, 3.05) is 19.6 Å². The van der Waals surface area contributed by atoms with E-state index in [0.717, 1.165) is 107 Å². The summed E-state index contributed by atoms with van der Waals surface area (Å²) in [6.07, 6.45) is 0. The molecular weight excluding hydrogens is 1340 g/mol. The fraction of sp³-hybridized carbons (Fsp3) is 0.0495. The number of rotatable bonds is 9. The average Bonchev–Trinajstić information content (AvgIpc) is 1.65. The van der Waals surface area contributed by atoms with Gasteiger partial charge in [0.15, 0.2) is 0 Å². The van der Waals surface area contributed by atoms with Crippen molar-refractivity contribution >= 4 is 126 Å². The van der Waals surface area contributed by atoms with Crippen LogP contribution in [-0.2, 0) is 10.8 Å². The second-order valence-corrected chi connectivity index (χ2v) is 31.7. The molecule has 6 aliphatic rings. The summed E-state index contributed by atoms with van der Waals surface area (Å²) in [7, 11) is 0. The molecule has 1 spiro atoms. The van der Waals surface area contributed by atoms with Crippen LogP contribution in [0.5, 0.6) is 11.5 Å². The van der Waals surface area contributed by atoms with Crippen molar-refractivity contribution in [3.8, 4) is 56.0 Å². The van der Waals surface area contributed by atoms with Crippen molar-refractivity contribution < 1.29 is 4.74 Å². The molecule has 0 amide bonds. The highest BCUT2D eigenvalue weighted by atomic mass is 32.2. The van der Waals surface area contributed by atoms with Crippen LogP contribution in [0.2, 0.25) is 0 Å². The Morgan fingerprint density at radius 2 is 0.752 bits per heavy atom. The number of hydrogen-bond donors (Lipinski definition) is 0. The van der Waals surface area contributed by atoms with E-state index in [-0.39, 0.29) is 18.8 Å². The van der Waals surface area contributed by atoms with Gasteiger partial charge in [0.2, 0.25) is 0 Å². The van der Waals surface area contributed by atoms with Crippen molar-refractivity contribution in [1.82, 2.24) is 0 Å². The first kappa shape index (κ1) is 63.3. The van der Waals surface area contributed by atoms with Crippen LogP contribution >= 0.6 is 11.8 Å². The van der Waals surface area contributed by atoms with E-state index in [1.54, 1.807) is 0 Å². The molecule has 0 fully saturated rings. The summed E-state index contributed by atoms with van der Waals surface area (Å²) in [6, 6.07) is 139. The molecule has 5 heterocycles. The van der Waals surface area contributed by atoms with E-state index in [2.05, 4.69) is 410 Å². The molecule has 0 unspecified atom stereocenters. The SMILES string of the molecule is CC(C)(C)c1cc2c3c(c1)N(c1c(-c4ccccc4)cccc1-c1ccccc1)c1cc4c(cc1B3c1ccccc1N2c1ccccc1)C1(c2cc3c(cc2S4)N(c2ccccc2)c2cc(N(c4ccccc4)c4cccc(-c5ccccc5)c4)cc4c2B3c2ccccc2O4)c2ccccc2-c2ccccc21. The van der Waals surface area contributed by atoms with Crippen molar-refractivity contribution in [2.24, 2.45) is 0 Å². The Morgan fingerprint density at radius 1 is 0.303 bits per heavy atom. The van der Waals surface area contributed by atoms with Gasteiger partial charge < -0.3 is 24.3 Å².